The second-order valence-corrected chi connectivity index (χ2v) is 4.28. The molecule has 2 aromatic rings. The number of carbonyl (C=O) groups is 1. The zero-order chi connectivity index (χ0) is 11.2. The molecule has 1 heterocycles. The van der Waals surface area contributed by atoms with Crippen LogP contribution in [0.15, 0.2) is 24.4 Å². The Bertz CT molecular complexity index is 556. The van der Waals surface area contributed by atoms with Crippen molar-refractivity contribution in [2.75, 3.05) is 5.32 Å². The first-order valence-corrected chi connectivity index (χ1v) is 5.21. The van der Waals surface area contributed by atoms with E-state index in [0.717, 1.165) is 29.4 Å². The quantitative estimate of drug-likeness (QED) is 0.700. The fourth-order valence-corrected chi connectivity index (χ4v) is 1.64. The van der Waals surface area contributed by atoms with Crippen LogP contribution in [0.25, 0.3) is 10.9 Å². The van der Waals surface area contributed by atoms with Gasteiger partial charge in [0.2, 0.25) is 5.91 Å². The van der Waals surface area contributed by atoms with Crippen LogP contribution in [0.3, 0.4) is 0 Å². The number of aromatic nitrogens is 2. The number of carbonyl (C=O) groups excluding carboxylic acids is 1. The van der Waals surface area contributed by atoms with Crippen LogP contribution >= 0.6 is 0 Å². The molecular formula is C11H12N4O. The maximum Gasteiger partial charge on any atom is 0.244 e. The molecule has 1 aromatic heterocycles. The highest BCUT2D eigenvalue weighted by Crippen LogP contribution is 2.33. The number of aromatic amines is 1. The Morgan fingerprint density at radius 3 is 3.06 bits per heavy atom. The molecule has 1 saturated carbocycles. The molecule has 5 nitrogen and oxygen atoms in total. The second-order valence-electron chi connectivity index (χ2n) is 4.28. The number of amides is 1. The van der Waals surface area contributed by atoms with Crippen LogP contribution in [0.2, 0.25) is 0 Å². The highest BCUT2D eigenvalue weighted by atomic mass is 16.2. The van der Waals surface area contributed by atoms with Crippen molar-refractivity contribution >= 4 is 22.5 Å². The van der Waals surface area contributed by atoms with Gasteiger partial charge in [-0.25, -0.2) is 0 Å². The fourth-order valence-electron chi connectivity index (χ4n) is 1.64. The number of nitrogens with zero attached hydrogens (tertiary/aromatic N) is 1. The predicted molar refractivity (Wildman–Crippen MR) is 60.9 cm³/mol. The molecule has 1 aliphatic rings. The Morgan fingerprint density at radius 2 is 2.31 bits per heavy atom. The minimum Gasteiger partial charge on any atom is -0.324 e. The summed E-state index contributed by atoms with van der Waals surface area (Å²) >= 11 is 0. The Balaban J connectivity index is 1.86. The average molecular weight is 216 g/mol. The molecule has 1 amide bonds. The lowest BCUT2D eigenvalue weighted by Crippen LogP contribution is -2.37. The first-order chi connectivity index (χ1) is 7.67. The number of nitrogens with one attached hydrogen (secondary N) is 2. The highest BCUT2D eigenvalue weighted by Gasteiger charge is 2.45. The molecule has 1 aromatic carbocycles. The fraction of sp³-hybridized carbons (Fsp3) is 0.273. The molecule has 0 unspecified atom stereocenters. The number of hydrogen-bond acceptors (Lipinski definition) is 3. The summed E-state index contributed by atoms with van der Waals surface area (Å²) < 4.78 is 0. The van der Waals surface area contributed by atoms with E-state index in [1.54, 1.807) is 6.20 Å². The zero-order valence-corrected chi connectivity index (χ0v) is 8.66. The van der Waals surface area contributed by atoms with Gasteiger partial charge in [0, 0.05) is 11.1 Å². The molecule has 0 bridgehead atoms. The molecule has 1 fully saturated rings. The third-order valence-corrected chi connectivity index (χ3v) is 2.94. The number of rotatable bonds is 2. The van der Waals surface area contributed by atoms with Crippen LogP contribution in [0.5, 0.6) is 0 Å². The van der Waals surface area contributed by atoms with E-state index in [0.29, 0.717) is 0 Å². The first kappa shape index (κ1) is 9.35. The summed E-state index contributed by atoms with van der Waals surface area (Å²) in [5.41, 5.74) is 6.88. The van der Waals surface area contributed by atoms with Gasteiger partial charge in [-0.1, -0.05) is 0 Å². The topological polar surface area (TPSA) is 83.8 Å². The van der Waals surface area contributed by atoms with Gasteiger partial charge in [-0.2, -0.15) is 5.10 Å². The van der Waals surface area contributed by atoms with E-state index < -0.39 is 5.54 Å². The summed E-state index contributed by atoms with van der Waals surface area (Å²) in [7, 11) is 0. The van der Waals surface area contributed by atoms with Crippen molar-refractivity contribution in [3.63, 3.8) is 0 Å². The van der Waals surface area contributed by atoms with E-state index in [1.807, 2.05) is 18.2 Å². The number of hydrogen-bond donors (Lipinski definition) is 3. The molecule has 0 aliphatic heterocycles. The average Bonchev–Trinajstić information content (AvgIpc) is 2.87. The van der Waals surface area contributed by atoms with Crippen LogP contribution < -0.4 is 11.1 Å². The van der Waals surface area contributed by atoms with Crippen molar-refractivity contribution < 1.29 is 4.79 Å². The van der Waals surface area contributed by atoms with E-state index in [1.165, 1.54) is 0 Å². The molecule has 0 saturated heterocycles. The summed E-state index contributed by atoms with van der Waals surface area (Å²) in [6.07, 6.45) is 3.26. The molecule has 1 aliphatic carbocycles. The van der Waals surface area contributed by atoms with E-state index in [4.69, 9.17) is 5.73 Å². The number of fused-ring (bicyclic) bond motifs is 1. The van der Waals surface area contributed by atoms with Gasteiger partial charge >= 0.3 is 0 Å². The number of benzene rings is 1. The lowest BCUT2D eigenvalue weighted by atomic mass is 10.2. The van der Waals surface area contributed by atoms with Crippen molar-refractivity contribution in [2.24, 2.45) is 5.73 Å². The summed E-state index contributed by atoms with van der Waals surface area (Å²) in [4.78, 5) is 11.7. The largest absolute Gasteiger partial charge is 0.324 e. The Morgan fingerprint density at radius 1 is 1.50 bits per heavy atom. The monoisotopic (exact) mass is 216 g/mol. The second kappa shape index (κ2) is 3.05. The number of nitrogens with two attached hydrogens (primary N) is 1. The van der Waals surface area contributed by atoms with Crippen molar-refractivity contribution in [2.45, 2.75) is 18.4 Å². The van der Waals surface area contributed by atoms with Crippen LogP contribution in [-0.2, 0) is 4.79 Å². The van der Waals surface area contributed by atoms with Gasteiger partial charge < -0.3 is 11.1 Å². The van der Waals surface area contributed by atoms with Gasteiger partial charge in [0.1, 0.15) is 0 Å². The van der Waals surface area contributed by atoms with Crippen molar-refractivity contribution in [3.8, 4) is 0 Å². The molecular weight excluding hydrogens is 204 g/mol. The predicted octanol–water partition coefficient (Wildman–Crippen LogP) is 0.993. The lowest BCUT2D eigenvalue weighted by Gasteiger charge is -2.09. The third kappa shape index (κ3) is 1.45. The summed E-state index contributed by atoms with van der Waals surface area (Å²) in [5, 5.41) is 10.6. The molecule has 82 valence electrons. The summed E-state index contributed by atoms with van der Waals surface area (Å²) in [6.45, 7) is 0. The molecule has 0 spiro atoms. The number of H-pyrrole nitrogens is 1. The Kier molecular flexibility index (Phi) is 1.79. The van der Waals surface area contributed by atoms with E-state index in [9.17, 15) is 4.79 Å². The van der Waals surface area contributed by atoms with Crippen LogP contribution in [0, 0.1) is 0 Å². The highest BCUT2D eigenvalue weighted by molar-refractivity contribution is 6.01. The van der Waals surface area contributed by atoms with Gasteiger partial charge in [-0.3, -0.25) is 9.89 Å². The normalized spacial score (nSPS) is 17.3. The summed E-state index contributed by atoms with van der Waals surface area (Å²) in [6, 6.07) is 5.60. The molecule has 16 heavy (non-hydrogen) atoms. The standard InChI is InChI=1S/C11H12N4O/c12-11(3-4-11)10(16)14-8-1-2-9-7(5-8)6-13-15-9/h1-2,5-6H,3-4,12H2,(H,13,15)(H,14,16). The molecule has 5 heteroatoms. The zero-order valence-electron chi connectivity index (χ0n) is 8.66. The lowest BCUT2D eigenvalue weighted by molar-refractivity contribution is -0.118. The smallest absolute Gasteiger partial charge is 0.244 e. The third-order valence-electron chi connectivity index (χ3n) is 2.94. The van der Waals surface area contributed by atoms with Gasteiger partial charge in [0.15, 0.2) is 0 Å². The van der Waals surface area contributed by atoms with Gasteiger partial charge in [-0.05, 0) is 31.0 Å². The SMILES string of the molecule is NC1(C(=O)Nc2ccc3[nH]ncc3c2)CC1. The maximum absolute atomic E-state index is 11.7. The van der Waals surface area contributed by atoms with E-state index in [-0.39, 0.29) is 5.91 Å². The van der Waals surface area contributed by atoms with Gasteiger partial charge in [0.05, 0.1) is 17.3 Å². The number of anilines is 1. The molecule has 0 atom stereocenters. The summed E-state index contributed by atoms with van der Waals surface area (Å²) in [5.74, 6) is -0.102. The van der Waals surface area contributed by atoms with Gasteiger partial charge in [-0.15, -0.1) is 0 Å². The first-order valence-electron chi connectivity index (χ1n) is 5.21. The minimum absolute atomic E-state index is 0.102. The van der Waals surface area contributed by atoms with E-state index in [2.05, 4.69) is 15.5 Å². The molecule has 3 rings (SSSR count). The van der Waals surface area contributed by atoms with Crippen LogP contribution in [0.4, 0.5) is 5.69 Å². The van der Waals surface area contributed by atoms with Crippen molar-refractivity contribution in [1.29, 1.82) is 0 Å². The maximum atomic E-state index is 11.7. The molecule has 0 radical (unpaired) electrons. The Hall–Kier alpha value is -1.88. The van der Waals surface area contributed by atoms with Crippen molar-refractivity contribution in [3.05, 3.63) is 24.4 Å². The minimum atomic E-state index is -0.634. The van der Waals surface area contributed by atoms with Crippen LogP contribution in [0.1, 0.15) is 12.8 Å². The van der Waals surface area contributed by atoms with Crippen LogP contribution in [-0.4, -0.2) is 21.6 Å². The van der Waals surface area contributed by atoms with Crippen molar-refractivity contribution in [1.82, 2.24) is 10.2 Å². The van der Waals surface area contributed by atoms with Gasteiger partial charge in [0.25, 0.3) is 0 Å². The van der Waals surface area contributed by atoms with E-state index >= 15 is 0 Å². The molecule has 4 N–H and O–H groups in total. The Labute approximate surface area is 92.0 Å².